The SMILES string of the molecule is COc1cc2c(=O)c3c(NCCCN(C)CCCN4C(=O)c5cccc6cc([N+](=O)[O-])cc(c56)C4=O)ccc4c(=O)n(CCN(C)C)c(=O)n(c2cc1OC)c43.Cl.Cl. The van der Waals surface area contributed by atoms with E-state index >= 15 is 0 Å². The van der Waals surface area contributed by atoms with E-state index in [0.717, 1.165) is 4.90 Å². The Morgan fingerprint density at radius 3 is 2.16 bits per heavy atom. The molecule has 6 aromatic rings. The predicted molar refractivity (Wildman–Crippen MR) is 228 cm³/mol. The Morgan fingerprint density at radius 1 is 0.776 bits per heavy atom. The van der Waals surface area contributed by atoms with Crippen LogP contribution in [-0.2, 0) is 6.54 Å². The van der Waals surface area contributed by atoms with Gasteiger partial charge in [-0.1, -0.05) is 12.1 Å². The van der Waals surface area contributed by atoms with E-state index in [4.69, 9.17) is 9.47 Å². The summed E-state index contributed by atoms with van der Waals surface area (Å²) >= 11 is 0. The fourth-order valence-corrected chi connectivity index (χ4v) is 7.55. The number of ether oxygens (including phenoxy) is 2. The second-order valence-corrected chi connectivity index (χ2v) is 14.2. The van der Waals surface area contributed by atoms with Crippen LogP contribution in [0.15, 0.2) is 69.0 Å². The number of aromatic nitrogens is 2. The van der Waals surface area contributed by atoms with Crippen LogP contribution in [0.1, 0.15) is 33.6 Å². The lowest BCUT2D eigenvalue weighted by molar-refractivity contribution is -0.384. The molecule has 0 saturated heterocycles. The number of carbonyl (C=O) groups excluding carboxylic acids is 2. The van der Waals surface area contributed by atoms with Gasteiger partial charge in [0.25, 0.3) is 23.1 Å². The van der Waals surface area contributed by atoms with Crippen molar-refractivity contribution in [2.75, 3.05) is 73.4 Å². The minimum atomic E-state index is -0.569. The molecule has 2 amide bonds. The Hall–Kier alpha value is -5.81. The molecule has 4 aromatic carbocycles. The molecule has 0 aliphatic carbocycles. The van der Waals surface area contributed by atoms with E-state index in [2.05, 4.69) is 10.2 Å². The van der Waals surface area contributed by atoms with Crippen LogP contribution < -0.4 is 31.5 Å². The quantitative estimate of drug-likeness (QED) is 0.0384. The molecule has 1 N–H and O–H groups in total. The van der Waals surface area contributed by atoms with Gasteiger partial charge in [0.1, 0.15) is 0 Å². The van der Waals surface area contributed by atoms with Crippen molar-refractivity contribution in [3.8, 4) is 11.5 Å². The zero-order valence-electron chi connectivity index (χ0n) is 32.5. The summed E-state index contributed by atoms with van der Waals surface area (Å²) in [4.78, 5) is 84.9. The number of non-ortho nitro benzene ring substituents is 1. The third-order valence-electron chi connectivity index (χ3n) is 10.4. The van der Waals surface area contributed by atoms with Crippen LogP contribution >= 0.6 is 24.8 Å². The van der Waals surface area contributed by atoms with Crippen molar-refractivity contribution in [1.82, 2.24) is 23.7 Å². The number of amides is 2. The number of likely N-dealkylation sites (N-methyl/N-ethyl adjacent to an activating group) is 1. The van der Waals surface area contributed by atoms with Crippen LogP contribution in [0, 0.1) is 10.1 Å². The number of halogens is 2. The van der Waals surface area contributed by atoms with Crippen molar-refractivity contribution in [3.63, 3.8) is 0 Å². The van der Waals surface area contributed by atoms with E-state index in [1.807, 2.05) is 26.0 Å². The van der Waals surface area contributed by atoms with Gasteiger partial charge in [-0.3, -0.25) is 43.2 Å². The molecule has 58 heavy (non-hydrogen) atoms. The van der Waals surface area contributed by atoms with Crippen LogP contribution in [0.5, 0.6) is 11.5 Å². The van der Waals surface area contributed by atoms with Gasteiger partial charge in [-0.25, -0.2) is 4.79 Å². The maximum Gasteiger partial charge on any atom is 0.336 e. The van der Waals surface area contributed by atoms with Gasteiger partial charge in [-0.15, -0.1) is 24.8 Å². The molecule has 7 rings (SSSR count). The maximum atomic E-state index is 14.3. The maximum absolute atomic E-state index is 14.3. The number of carbonyl (C=O) groups is 2. The highest BCUT2D eigenvalue weighted by Gasteiger charge is 2.34. The molecule has 16 nitrogen and oxygen atoms in total. The first-order chi connectivity index (χ1) is 26.9. The molecule has 0 fully saturated rings. The van der Waals surface area contributed by atoms with Crippen molar-refractivity contribution in [3.05, 3.63) is 107 Å². The number of benzene rings is 4. The summed E-state index contributed by atoms with van der Waals surface area (Å²) < 4.78 is 13.6. The summed E-state index contributed by atoms with van der Waals surface area (Å²) in [6.45, 7) is 2.37. The van der Waals surface area contributed by atoms with Crippen molar-refractivity contribution in [2.45, 2.75) is 19.4 Å². The van der Waals surface area contributed by atoms with E-state index in [0.29, 0.717) is 78.1 Å². The molecule has 0 atom stereocenters. The van der Waals surface area contributed by atoms with Gasteiger partial charge in [0.15, 0.2) is 16.9 Å². The van der Waals surface area contributed by atoms with Gasteiger partial charge in [0, 0.05) is 61.0 Å². The van der Waals surface area contributed by atoms with Gasteiger partial charge in [-0.2, -0.15) is 0 Å². The number of hydrogen-bond acceptors (Lipinski definition) is 12. The molecule has 2 aromatic heterocycles. The first-order valence-corrected chi connectivity index (χ1v) is 18.1. The number of hydrogen-bond donors (Lipinski definition) is 1. The van der Waals surface area contributed by atoms with Crippen LogP contribution in [0.2, 0.25) is 0 Å². The number of imide groups is 1. The van der Waals surface area contributed by atoms with Crippen LogP contribution in [0.3, 0.4) is 0 Å². The molecule has 306 valence electrons. The summed E-state index contributed by atoms with van der Waals surface area (Å²) in [6, 6.07) is 14.0. The lowest BCUT2D eigenvalue weighted by Gasteiger charge is -2.27. The van der Waals surface area contributed by atoms with E-state index in [1.54, 1.807) is 42.5 Å². The highest BCUT2D eigenvalue weighted by Crippen LogP contribution is 2.35. The standard InChI is InChI=1S/C40H41N7O9.2ClH/c1-42(2)17-18-45-38(50)26-11-12-29(34-35(26)46(40(45)52)30-22-32(56-5)31(55-4)21-27(30)36(34)48)41-13-7-14-43(3)15-8-16-44-37(49)25-10-6-9-23-19-24(47(53)54)20-28(33(23)25)39(44)51;;/h6,9-12,19-22,41H,7-8,13-18H2,1-5H3;2*1H. The van der Waals surface area contributed by atoms with E-state index < -0.39 is 28.0 Å². The molecule has 1 aliphatic heterocycles. The third kappa shape index (κ3) is 7.51. The van der Waals surface area contributed by atoms with Crippen molar-refractivity contribution in [1.29, 1.82) is 0 Å². The van der Waals surface area contributed by atoms with Crippen molar-refractivity contribution < 1.29 is 24.0 Å². The van der Waals surface area contributed by atoms with Gasteiger partial charge in [0.05, 0.1) is 51.9 Å². The fourth-order valence-electron chi connectivity index (χ4n) is 7.55. The summed E-state index contributed by atoms with van der Waals surface area (Å²) in [7, 11) is 8.55. The molecule has 3 heterocycles. The zero-order chi connectivity index (χ0) is 40.0. The monoisotopic (exact) mass is 835 g/mol. The summed E-state index contributed by atoms with van der Waals surface area (Å²) in [5.41, 5.74) is -0.154. The molecule has 0 unspecified atom stereocenters. The molecule has 18 heteroatoms. The first-order valence-electron chi connectivity index (χ1n) is 18.1. The summed E-state index contributed by atoms with van der Waals surface area (Å²) in [6.07, 6.45) is 1.12. The zero-order valence-corrected chi connectivity index (χ0v) is 34.2. The molecular formula is C40H43Cl2N7O9. The number of methoxy groups -OCH3 is 2. The molecule has 0 bridgehead atoms. The highest BCUT2D eigenvalue weighted by molar-refractivity contribution is 6.25. The molecule has 0 radical (unpaired) electrons. The third-order valence-corrected chi connectivity index (χ3v) is 10.4. The van der Waals surface area contributed by atoms with Gasteiger partial charge >= 0.3 is 5.69 Å². The van der Waals surface area contributed by atoms with Crippen LogP contribution in [-0.4, -0.2) is 108 Å². The normalized spacial score (nSPS) is 12.5. The van der Waals surface area contributed by atoms with Crippen molar-refractivity contribution in [2.24, 2.45) is 0 Å². The second kappa shape index (κ2) is 17.4. The number of nitrogens with one attached hydrogen (secondary N) is 1. The van der Waals surface area contributed by atoms with Crippen LogP contribution in [0.25, 0.3) is 38.0 Å². The predicted octanol–water partition coefficient (Wildman–Crippen LogP) is 4.47. The number of rotatable bonds is 15. The lowest BCUT2D eigenvalue weighted by Crippen LogP contribution is -2.41. The average Bonchev–Trinajstić information content (AvgIpc) is 3.18. The Labute approximate surface area is 343 Å². The smallest absolute Gasteiger partial charge is 0.336 e. The van der Waals surface area contributed by atoms with E-state index in [9.17, 15) is 34.1 Å². The molecule has 1 aliphatic rings. The Balaban J connectivity index is 0.00000320. The second-order valence-electron chi connectivity index (χ2n) is 14.2. The Morgan fingerprint density at radius 2 is 1.47 bits per heavy atom. The molecular weight excluding hydrogens is 793 g/mol. The number of fused-ring (bicyclic) bond motifs is 2. The van der Waals surface area contributed by atoms with Gasteiger partial charge < -0.3 is 24.6 Å². The van der Waals surface area contributed by atoms with Crippen molar-refractivity contribution >= 4 is 86.0 Å². The van der Waals surface area contributed by atoms with Crippen LogP contribution in [0.4, 0.5) is 11.4 Å². The highest BCUT2D eigenvalue weighted by atomic mass is 35.5. The first kappa shape index (κ1) is 43.3. The lowest BCUT2D eigenvalue weighted by atomic mass is 9.93. The van der Waals surface area contributed by atoms with E-state index in [1.165, 1.54) is 35.3 Å². The molecule has 0 saturated carbocycles. The Kier molecular flexibility index (Phi) is 13.0. The molecule has 0 spiro atoms. The average molecular weight is 837 g/mol. The minimum absolute atomic E-state index is 0. The Bertz CT molecular complexity index is 2770. The number of anilines is 1. The number of pyridine rings is 1. The number of nitro benzene ring substituents is 1. The minimum Gasteiger partial charge on any atom is -0.493 e. The van der Waals surface area contributed by atoms with Gasteiger partial charge in [-0.05, 0) is 76.7 Å². The number of nitro groups is 1. The summed E-state index contributed by atoms with van der Waals surface area (Å²) in [5.74, 6) is -0.334. The largest absolute Gasteiger partial charge is 0.493 e. The summed E-state index contributed by atoms with van der Waals surface area (Å²) in [5, 5.41) is 16.5. The topological polar surface area (TPSA) is 178 Å². The van der Waals surface area contributed by atoms with E-state index in [-0.39, 0.29) is 76.3 Å². The number of nitrogens with zero attached hydrogens (tertiary/aromatic N) is 6. The van der Waals surface area contributed by atoms with Gasteiger partial charge in [0.2, 0.25) is 0 Å². The fraction of sp³-hybridized carbons (Fsp3) is 0.325.